The Morgan fingerprint density at radius 3 is 2.62 bits per heavy atom. The number of carbonyl (C=O) groups is 4. The number of benzene rings is 1. The minimum atomic E-state index is -1.02. The molecule has 0 radical (unpaired) electrons. The van der Waals surface area contributed by atoms with E-state index in [0.717, 1.165) is 5.56 Å². The Bertz CT molecular complexity index is 646. The second-order valence-electron chi connectivity index (χ2n) is 5.55. The summed E-state index contributed by atoms with van der Waals surface area (Å²) in [6.07, 6.45) is 0.0352. The third kappa shape index (κ3) is 4.31. The van der Waals surface area contributed by atoms with Crippen molar-refractivity contribution < 1.29 is 23.9 Å². The van der Waals surface area contributed by atoms with Gasteiger partial charge in [0.15, 0.2) is 6.61 Å². The van der Waals surface area contributed by atoms with E-state index in [4.69, 9.17) is 10.5 Å². The zero-order valence-electron chi connectivity index (χ0n) is 13.2. The summed E-state index contributed by atoms with van der Waals surface area (Å²) in [6.45, 7) is 1.51. The van der Waals surface area contributed by atoms with Gasteiger partial charge < -0.3 is 15.4 Å². The van der Waals surface area contributed by atoms with Crippen molar-refractivity contribution in [3.8, 4) is 0 Å². The molecule has 8 nitrogen and oxygen atoms in total. The molecule has 4 amide bonds. The average Bonchev–Trinajstić information content (AvgIpc) is 2.94. The van der Waals surface area contributed by atoms with Crippen LogP contribution in [0.25, 0.3) is 0 Å². The third-order valence-corrected chi connectivity index (χ3v) is 3.85. The van der Waals surface area contributed by atoms with E-state index in [-0.39, 0.29) is 24.9 Å². The number of hydrogen-bond acceptors (Lipinski definition) is 5. The molecule has 2 rings (SSSR count). The third-order valence-electron chi connectivity index (χ3n) is 3.85. The number of nitrogens with two attached hydrogens (primary N) is 1. The van der Waals surface area contributed by atoms with Crippen molar-refractivity contribution in [3.05, 3.63) is 35.9 Å². The summed E-state index contributed by atoms with van der Waals surface area (Å²) in [5, 5.41) is 1.79. The van der Waals surface area contributed by atoms with Crippen molar-refractivity contribution in [3.63, 3.8) is 0 Å². The van der Waals surface area contributed by atoms with Crippen molar-refractivity contribution in [2.24, 2.45) is 11.7 Å². The van der Waals surface area contributed by atoms with Crippen molar-refractivity contribution in [1.82, 2.24) is 10.2 Å². The van der Waals surface area contributed by atoms with Gasteiger partial charge in [-0.05, 0) is 12.5 Å². The summed E-state index contributed by atoms with van der Waals surface area (Å²) in [5.74, 6) is -2.24. The van der Waals surface area contributed by atoms with Crippen LogP contribution < -0.4 is 11.1 Å². The molecule has 1 aliphatic rings. The fourth-order valence-corrected chi connectivity index (χ4v) is 2.60. The number of esters is 1. The monoisotopic (exact) mass is 333 g/mol. The highest BCUT2D eigenvalue weighted by Gasteiger charge is 2.38. The molecule has 1 aromatic carbocycles. The number of amides is 4. The highest BCUT2D eigenvalue weighted by molar-refractivity contribution is 5.95. The average molecular weight is 333 g/mol. The van der Waals surface area contributed by atoms with Crippen LogP contribution in [-0.2, 0) is 19.1 Å². The summed E-state index contributed by atoms with van der Waals surface area (Å²) in [6, 6.07) is 8.31. The van der Waals surface area contributed by atoms with Gasteiger partial charge in [-0.25, -0.2) is 4.79 Å². The molecule has 3 N–H and O–H groups in total. The van der Waals surface area contributed by atoms with Crippen molar-refractivity contribution in [2.75, 3.05) is 13.2 Å². The van der Waals surface area contributed by atoms with Gasteiger partial charge >= 0.3 is 12.0 Å². The van der Waals surface area contributed by atoms with Gasteiger partial charge in [0.2, 0.25) is 5.91 Å². The fourth-order valence-electron chi connectivity index (χ4n) is 2.60. The molecule has 0 aromatic heterocycles. The predicted molar refractivity (Wildman–Crippen MR) is 83.4 cm³/mol. The number of rotatable bonds is 5. The molecule has 1 fully saturated rings. The SMILES string of the molecule is C[C@H](c1ccccc1)N1C[C@H](C(=O)OCC(=O)NC(N)=O)CC1=O. The Balaban J connectivity index is 1.90. The van der Waals surface area contributed by atoms with Gasteiger partial charge in [0, 0.05) is 13.0 Å². The van der Waals surface area contributed by atoms with Gasteiger partial charge in [-0.3, -0.25) is 19.7 Å². The lowest BCUT2D eigenvalue weighted by Gasteiger charge is -2.25. The first-order valence-electron chi connectivity index (χ1n) is 7.48. The van der Waals surface area contributed by atoms with Crippen LogP contribution in [0.15, 0.2) is 30.3 Å². The Morgan fingerprint density at radius 2 is 2.00 bits per heavy atom. The van der Waals surface area contributed by atoms with Gasteiger partial charge in [-0.2, -0.15) is 0 Å². The van der Waals surface area contributed by atoms with Crippen LogP contribution >= 0.6 is 0 Å². The summed E-state index contributed by atoms with van der Waals surface area (Å²) < 4.78 is 4.83. The number of ether oxygens (including phenoxy) is 1. The Labute approximate surface area is 138 Å². The van der Waals surface area contributed by atoms with Gasteiger partial charge in [0.1, 0.15) is 0 Å². The molecule has 0 unspecified atom stereocenters. The van der Waals surface area contributed by atoms with E-state index >= 15 is 0 Å². The number of urea groups is 1. The molecule has 0 bridgehead atoms. The largest absolute Gasteiger partial charge is 0.455 e. The van der Waals surface area contributed by atoms with Crippen LogP contribution in [0.5, 0.6) is 0 Å². The number of carbonyl (C=O) groups excluding carboxylic acids is 4. The number of hydrogen-bond donors (Lipinski definition) is 2. The lowest BCUT2D eigenvalue weighted by Crippen LogP contribution is -2.38. The minimum absolute atomic E-state index is 0.0352. The van der Waals surface area contributed by atoms with Crippen LogP contribution in [0.4, 0.5) is 4.79 Å². The molecule has 0 aliphatic carbocycles. The number of imide groups is 1. The maximum absolute atomic E-state index is 12.2. The molecule has 0 saturated carbocycles. The zero-order valence-corrected chi connectivity index (χ0v) is 13.2. The van der Waals surface area contributed by atoms with Gasteiger partial charge in [0.25, 0.3) is 5.91 Å². The molecule has 8 heteroatoms. The van der Waals surface area contributed by atoms with Crippen LogP contribution in [0.3, 0.4) is 0 Å². The molecule has 24 heavy (non-hydrogen) atoms. The van der Waals surface area contributed by atoms with E-state index < -0.39 is 30.4 Å². The fraction of sp³-hybridized carbons (Fsp3) is 0.375. The first-order valence-corrected chi connectivity index (χ1v) is 7.48. The number of likely N-dealkylation sites (tertiary alicyclic amines) is 1. The van der Waals surface area contributed by atoms with E-state index in [1.165, 1.54) is 0 Å². The molecular formula is C16H19N3O5. The molecule has 1 saturated heterocycles. The number of primary amides is 1. The lowest BCUT2D eigenvalue weighted by atomic mass is 10.1. The number of nitrogens with one attached hydrogen (secondary N) is 1. The Morgan fingerprint density at radius 1 is 1.33 bits per heavy atom. The summed E-state index contributed by atoms with van der Waals surface area (Å²) in [7, 11) is 0. The highest BCUT2D eigenvalue weighted by atomic mass is 16.5. The smallest absolute Gasteiger partial charge is 0.318 e. The van der Waals surface area contributed by atoms with E-state index in [1.807, 2.05) is 37.3 Å². The van der Waals surface area contributed by atoms with E-state index in [9.17, 15) is 19.2 Å². The predicted octanol–water partition coefficient (Wildman–Crippen LogP) is 0.334. The molecule has 1 aliphatic heterocycles. The normalized spacial score (nSPS) is 18.1. The molecule has 2 atom stereocenters. The molecule has 128 valence electrons. The summed E-state index contributed by atoms with van der Waals surface area (Å²) in [4.78, 5) is 47.5. The second-order valence-corrected chi connectivity index (χ2v) is 5.55. The number of nitrogens with zero attached hydrogens (tertiary/aromatic N) is 1. The van der Waals surface area contributed by atoms with E-state index in [1.54, 1.807) is 10.2 Å². The van der Waals surface area contributed by atoms with Crippen LogP contribution in [0.2, 0.25) is 0 Å². The zero-order chi connectivity index (χ0) is 17.7. The van der Waals surface area contributed by atoms with Gasteiger partial charge in [-0.15, -0.1) is 0 Å². The van der Waals surface area contributed by atoms with Gasteiger partial charge in [-0.1, -0.05) is 30.3 Å². The topological polar surface area (TPSA) is 119 Å². The van der Waals surface area contributed by atoms with E-state index in [0.29, 0.717) is 0 Å². The maximum atomic E-state index is 12.2. The Kier molecular flexibility index (Phi) is 5.51. The molecule has 1 aromatic rings. The Hall–Kier alpha value is -2.90. The van der Waals surface area contributed by atoms with Crippen molar-refractivity contribution in [2.45, 2.75) is 19.4 Å². The van der Waals surface area contributed by atoms with Crippen molar-refractivity contribution in [1.29, 1.82) is 0 Å². The summed E-state index contributed by atoms with van der Waals surface area (Å²) in [5.41, 5.74) is 5.76. The van der Waals surface area contributed by atoms with Crippen molar-refractivity contribution >= 4 is 23.8 Å². The first-order chi connectivity index (χ1) is 11.4. The molecule has 1 heterocycles. The van der Waals surface area contributed by atoms with Crippen LogP contribution in [-0.4, -0.2) is 41.9 Å². The quantitative estimate of drug-likeness (QED) is 0.753. The first kappa shape index (κ1) is 17.5. The van der Waals surface area contributed by atoms with Gasteiger partial charge in [0.05, 0.1) is 12.0 Å². The van der Waals surface area contributed by atoms with E-state index in [2.05, 4.69) is 0 Å². The van der Waals surface area contributed by atoms with Crippen LogP contribution in [0.1, 0.15) is 24.9 Å². The maximum Gasteiger partial charge on any atom is 0.318 e. The lowest BCUT2D eigenvalue weighted by molar-refractivity contribution is -0.152. The van der Waals surface area contributed by atoms with Crippen LogP contribution in [0, 0.1) is 5.92 Å². The summed E-state index contributed by atoms with van der Waals surface area (Å²) >= 11 is 0. The highest BCUT2D eigenvalue weighted by Crippen LogP contribution is 2.28. The second kappa shape index (κ2) is 7.58. The molecular weight excluding hydrogens is 314 g/mol. The minimum Gasteiger partial charge on any atom is -0.455 e. The molecule has 0 spiro atoms. The standard InChI is InChI=1S/C16H19N3O5/c1-10(11-5-3-2-4-6-11)19-8-12(7-14(19)21)15(22)24-9-13(20)18-16(17)23/h2-6,10,12H,7-9H2,1H3,(H3,17,18,20,23)/t10-,12-/m1/s1.